The van der Waals surface area contributed by atoms with Crippen molar-refractivity contribution in [3.8, 4) is 0 Å². The van der Waals surface area contributed by atoms with E-state index >= 15 is 0 Å². The van der Waals surface area contributed by atoms with E-state index in [0.29, 0.717) is 16.4 Å². The molecular formula is C15H13ClN4O. The highest BCUT2D eigenvalue weighted by molar-refractivity contribution is 6.30. The summed E-state index contributed by atoms with van der Waals surface area (Å²) in [6.07, 6.45) is 0. The van der Waals surface area contributed by atoms with Gasteiger partial charge in [-0.25, -0.2) is 9.78 Å². The van der Waals surface area contributed by atoms with Gasteiger partial charge in [0, 0.05) is 16.4 Å². The van der Waals surface area contributed by atoms with Gasteiger partial charge >= 0.3 is 6.03 Å². The Labute approximate surface area is 126 Å². The molecule has 0 saturated heterocycles. The minimum absolute atomic E-state index is 0.326. The number of carbonyl (C=O) groups excluding carboxylic acids is 1. The van der Waals surface area contributed by atoms with Crippen molar-refractivity contribution in [1.29, 1.82) is 0 Å². The summed E-state index contributed by atoms with van der Waals surface area (Å²) in [5.41, 5.74) is 3.07. The molecule has 6 heteroatoms. The smallest absolute Gasteiger partial charge is 0.323 e. The number of nitrogens with one attached hydrogen (secondary N) is 3. The van der Waals surface area contributed by atoms with Gasteiger partial charge in [-0.1, -0.05) is 17.7 Å². The lowest BCUT2D eigenvalue weighted by Crippen LogP contribution is -2.19. The lowest BCUT2D eigenvalue weighted by molar-refractivity contribution is 0.262. The number of halogens is 1. The number of H-pyrrole nitrogens is 1. The second kappa shape index (κ2) is 5.46. The molecule has 2 amide bonds. The van der Waals surface area contributed by atoms with Crippen molar-refractivity contribution in [2.45, 2.75) is 6.92 Å². The Morgan fingerprint density at radius 2 is 1.90 bits per heavy atom. The molecule has 0 saturated carbocycles. The molecule has 106 valence electrons. The Bertz CT molecular complexity index is 812. The molecule has 3 rings (SSSR count). The number of anilines is 2. The van der Waals surface area contributed by atoms with Crippen LogP contribution in [0.2, 0.25) is 5.02 Å². The summed E-state index contributed by atoms with van der Waals surface area (Å²) >= 11 is 5.87. The Kier molecular flexibility index (Phi) is 3.50. The molecule has 0 unspecified atom stereocenters. The van der Waals surface area contributed by atoms with Crippen LogP contribution in [-0.4, -0.2) is 16.0 Å². The third-order valence-electron chi connectivity index (χ3n) is 2.94. The summed E-state index contributed by atoms with van der Waals surface area (Å²) in [6, 6.07) is 12.2. The van der Waals surface area contributed by atoms with Crippen molar-refractivity contribution in [1.82, 2.24) is 9.97 Å². The molecule has 0 aliphatic carbocycles. The first-order valence-corrected chi connectivity index (χ1v) is 6.78. The predicted octanol–water partition coefficient (Wildman–Crippen LogP) is 4.17. The van der Waals surface area contributed by atoms with Gasteiger partial charge in [0.05, 0.1) is 11.0 Å². The zero-order chi connectivity index (χ0) is 14.8. The van der Waals surface area contributed by atoms with Gasteiger partial charge in [-0.2, -0.15) is 0 Å². The van der Waals surface area contributed by atoms with E-state index in [1.807, 2.05) is 19.1 Å². The van der Waals surface area contributed by atoms with Crippen LogP contribution in [0.3, 0.4) is 0 Å². The largest absolute Gasteiger partial charge is 0.342 e. The average Bonchev–Trinajstić information content (AvgIpc) is 2.78. The first kappa shape index (κ1) is 13.5. The molecule has 0 aliphatic heterocycles. The molecule has 1 heterocycles. The van der Waals surface area contributed by atoms with Crippen molar-refractivity contribution in [2.75, 3.05) is 10.6 Å². The van der Waals surface area contributed by atoms with Crippen LogP contribution in [0.4, 0.5) is 16.2 Å². The fourth-order valence-corrected chi connectivity index (χ4v) is 2.26. The molecule has 3 aromatic rings. The van der Waals surface area contributed by atoms with Gasteiger partial charge in [0.15, 0.2) is 0 Å². The second-order valence-corrected chi connectivity index (χ2v) is 5.08. The molecule has 1 aromatic heterocycles. The molecule has 2 aromatic carbocycles. The van der Waals surface area contributed by atoms with Crippen LogP contribution in [0.5, 0.6) is 0 Å². The lowest BCUT2D eigenvalue weighted by atomic mass is 10.3. The number of aryl methyl sites for hydroxylation is 1. The third-order valence-corrected chi connectivity index (χ3v) is 3.18. The number of rotatable bonds is 2. The maximum Gasteiger partial charge on any atom is 0.323 e. The molecular weight excluding hydrogens is 288 g/mol. The summed E-state index contributed by atoms with van der Waals surface area (Å²) in [5.74, 6) is 0.838. The van der Waals surface area contributed by atoms with E-state index in [4.69, 9.17) is 11.6 Å². The predicted molar refractivity (Wildman–Crippen MR) is 84.9 cm³/mol. The highest BCUT2D eigenvalue weighted by Crippen LogP contribution is 2.18. The van der Waals surface area contributed by atoms with Gasteiger partial charge in [0.25, 0.3) is 0 Å². The molecule has 21 heavy (non-hydrogen) atoms. The number of amides is 2. The quantitative estimate of drug-likeness (QED) is 0.665. The highest BCUT2D eigenvalue weighted by Gasteiger charge is 2.05. The van der Waals surface area contributed by atoms with E-state index in [2.05, 4.69) is 20.6 Å². The van der Waals surface area contributed by atoms with Crippen molar-refractivity contribution in [3.05, 3.63) is 53.3 Å². The standard InChI is InChI=1S/C15H13ClN4O/c1-9-17-13-6-5-12(8-14(13)18-9)20-15(21)19-11-4-2-3-10(16)7-11/h2-8H,1H3,(H,17,18)(H2,19,20,21). The fraction of sp³-hybridized carbons (Fsp3) is 0.0667. The van der Waals surface area contributed by atoms with Gasteiger partial charge < -0.3 is 15.6 Å². The number of hydrogen-bond donors (Lipinski definition) is 3. The van der Waals surface area contributed by atoms with Crippen molar-refractivity contribution < 1.29 is 4.79 Å². The molecule has 3 N–H and O–H groups in total. The molecule has 5 nitrogen and oxygen atoms in total. The molecule has 0 spiro atoms. The van der Waals surface area contributed by atoms with E-state index in [1.54, 1.807) is 30.3 Å². The number of benzene rings is 2. The van der Waals surface area contributed by atoms with Crippen molar-refractivity contribution in [3.63, 3.8) is 0 Å². The SMILES string of the molecule is Cc1nc2ccc(NC(=O)Nc3cccc(Cl)c3)cc2[nH]1. The third kappa shape index (κ3) is 3.14. The van der Waals surface area contributed by atoms with Crippen LogP contribution in [0.15, 0.2) is 42.5 Å². The second-order valence-electron chi connectivity index (χ2n) is 4.64. The van der Waals surface area contributed by atoms with Gasteiger partial charge in [0.1, 0.15) is 5.82 Å². The number of aromatic nitrogens is 2. The molecule has 0 bridgehead atoms. The topological polar surface area (TPSA) is 69.8 Å². The number of fused-ring (bicyclic) bond motifs is 1. The maximum atomic E-state index is 11.9. The number of urea groups is 1. The minimum Gasteiger partial charge on any atom is -0.342 e. The summed E-state index contributed by atoms with van der Waals surface area (Å²) < 4.78 is 0. The number of nitrogens with zero attached hydrogens (tertiary/aromatic N) is 1. The van der Waals surface area contributed by atoms with Crippen LogP contribution in [0.1, 0.15) is 5.82 Å². The molecule has 0 fully saturated rings. The Morgan fingerprint density at radius 3 is 2.67 bits per heavy atom. The first-order chi connectivity index (χ1) is 10.1. The highest BCUT2D eigenvalue weighted by atomic mass is 35.5. The number of carbonyl (C=O) groups is 1. The zero-order valence-corrected chi connectivity index (χ0v) is 12.0. The number of hydrogen-bond acceptors (Lipinski definition) is 2. The minimum atomic E-state index is -0.326. The van der Waals surface area contributed by atoms with E-state index in [-0.39, 0.29) is 6.03 Å². The van der Waals surface area contributed by atoms with Crippen molar-refractivity contribution >= 4 is 40.0 Å². The Balaban J connectivity index is 1.73. The van der Waals surface area contributed by atoms with E-state index in [1.165, 1.54) is 0 Å². The summed E-state index contributed by atoms with van der Waals surface area (Å²) in [6.45, 7) is 1.89. The number of imidazole rings is 1. The molecule has 0 radical (unpaired) electrons. The summed E-state index contributed by atoms with van der Waals surface area (Å²) in [4.78, 5) is 19.4. The van der Waals surface area contributed by atoms with Crippen LogP contribution in [0, 0.1) is 6.92 Å². The summed E-state index contributed by atoms with van der Waals surface area (Å²) in [7, 11) is 0. The van der Waals surface area contributed by atoms with Gasteiger partial charge in [-0.05, 0) is 43.3 Å². The van der Waals surface area contributed by atoms with E-state index in [9.17, 15) is 4.79 Å². The average molecular weight is 301 g/mol. The van der Waals surface area contributed by atoms with Gasteiger partial charge in [-0.15, -0.1) is 0 Å². The zero-order valence-electron chi connectivity index (χ0n) is 11.3. The fourth-order valence-electron chi connectivity index (χ4n) is 2.07. The van der Waals surface area contributed by atoms with E-state index in [0.717, 1.165) is 16.9 Å². The first-order valence-electron chi connectivity index (χ1n) is 6.40. The normalized spacial score (nSPS) is 10.6. The monoisotopic (exact) mass is 300 g/mol. The maximum absolute atomic E-state index is 11.9. The van der Waals surface area contributed by atoms with Crippen molar-refractivity contribution in [2.24, 2.45) is 0 Å². The Morgan fingerprint density at radius 1 is 1.14 bits per heavy atom. The lowest BCUT2D eigenvalue weighted by Gasteiger charge is -2.07. The van der Waals surface area contributed by atoms with Gasteiger partial charge in [0.2, 0.25) is 0 Å². The molecule has 0 aliphatic rings. The van der Waals surface area contributed by atoms with E-state index < -0.39 is 0 Å². The van der Waals surface area contributed by atoms with Crippen LogP contribution >= 0.6 is 11.6 Å². The summed E-state index contributed by atoms with van der Waals surface area (Å²) in [5, 5.41) is 6.07. The van der Waals surface area contributed by atoms with Crippen LogP contribution < -0.4 is 10.6 Å². The van der Waals surface area contributed by atoms with Gasteiger partial charge in [-0.3, -0.25) is 0 Å². The van der Waals surface area contributed by atoms with Crippen LogP contribution in [0.25, 0.3) is 11.0 Å². The molecule has 0 atom stereocenters. The Hall–Kier alpha value is -2.53. The van der Waals surface area contributed by atoms with Crippen LogP contribution in [-0.2, 0) is 0 Å². The number of aromatic amines is 1.